The maximum atomic E-state index is 14.1. The second-order valence-electron chi connectivity index (χ2n) is 7.61. The van der Waals surface area contributed by atoms with E-state index in [0.29, 0.717) is 42.9 Å². The van der Waals surface area contributed by atoms with Crippen LogP contribution in [0.2, 0.25) is 0 Å². The predicted molar refractivity (Wildman–Crippen MR) is 103 cm³/mol. The number of hydrogen-bond donors (Lipinski definition) is 0. The largest absolute Gasteiger partial charge is 0.342 e. The summed E-state index contributed by atoms with van der Waals surface area (Å²) in [7, 11) is 0. The third-order valence-electron chi connectivity index (χ3n) is 5.87. The van der Waals surface area contributed by atoms with E-state index in [1.54, 1.807) is 30.0 Å². The number of hydrogen-bond acceptors (Lipinski definition) is 3. The number of carbonyl (C=O) groups is 2. The third-order valence-corrected chi connectivity index (χ3v) is 5.87. The normalized spacial score (nSPS) is 17.9. The van der Waals surface area contributed by atoms with Gasteiger partial charge in [0.15, 0.2) is 0 Å². The molecule has 6 nitrogen and oxygen atoms in total. The van der Waals surface area contributed by atoms with Gasteiger partial charge >= 0.3 is 0 Å². The van der Waals surface area contributed by atoms with E-state index in [-0.39, 0.29) is 23.5 Å². The Morgan fingerprint density at radius 2 is 1.71 bits per heavy atom. The van der Waals surface area contributed by atoms with E-state index in [4.69, 9.17) is 0 Å². The van der Waals surface area contributed by atoms with Crippen LogP contribution in [0.4, 0.5) is 4.39 Å². The van der Waals surface area contributed by atoms with E-state index in [0.717, 1.165) is 25.9 Å². The van der Waals surface area contributed by atoms with E-state index in [1.807, 2.05) is 4.90 Å². The summed E-state index contributed by atoms with van der Waals surface area (Å²) in [4.78, 5) is 29.3. The molecule has 2 amide bonds. The number of piperidine rings is 1. The molecule has 1 aromatic carbocycles. The van der Waals surface area contributed by atoms with Gasteiger partial charge in [-0.05, 0) is 44.7 Å². The third kappa shape index (κ3) is 3.41. The summed E-state index contributed by atoms with van der Waals surface area (Å²) in [6, 6.07) is 6.37. The molecule has 0 aliphatic carbocycles. The van der Waals surface area contributed by atoms with E-state index in [2.05, 4.69) is 5.10 Å². The summed E-state index contributed by atoms with van der Waals surface area (Å²) >= 11 is 0. The topological polar surface area (TPSA) is 58.4 Å². The Kier molecular flexibility index (Phi) is 5.15. The fraction of sp³-hybridized carbons (Fsp3) is 0.476. The fourth-order valence-corrected chi connectivity index (χ4v) is 4.18. The minimum atomic E-state index is -0.381. The fourth-order valence-electron chi connectivity index (χ4n) is 4.18. The van der Waals surface area contributed by atoms with Crippen LogP contribution in [-0.4, -0.2) is 57.6 Å². The van der Waals surface area contributed by atoms with Crippen LogP contribution in [-0.2, 0) is 4.79 Å². The molecule has 4 rings (SSSR count). The maximum absolute atomic E-state index is 14.1. The quantitative estimate of drug-likeness (QED) is 0.818. The number of benzene rings is 1. The van der Waals surface area contributed by atoms with Crippen molar-refractivity contribution in [1.82, 2.24) is 19.6 Å². The van der Waals surface area contributed by atoms with Gasteiger partial charge in [0.1, 0.15) is 11.5 Å². The Labute approximate surface area is 163 Å². The standard InChI is InChI=1S/C21H25FN4O2/c1-15-17(14-23-26(15)19-7-3-2-6-18(19)22)21(28)25-12-8-16(9-13-25)20(27)24-10-4-5-11-24/h2-3,6-7,14,16H,4-5,8-13H2,1H3. The molecule has 2 aliphatic rings. The predicted octanol–water partition coefficient (Wildman–Crippen LogP) is 2.79. The summed E-state index contributed by atoms with van der Waals surface area (Å²) in [5, 5.41) is 4.23. The number of likely N-dealkylation sites (tertiary alicyclic amines) is 2. The molecular weight excluding hydrogens is 359 g/mol. The second-order valence-corrected chi connectivity index (χ2v) is 7.61. The summed E-state index contributed by atoms with van der Waals surface area (Å²) in [6.07, 6.45) is 5.08. The molecule has 148 valence electrons. The molecule has 0 spiro atoms. The minimum Gasteiger partial charge on any atom is -0.342 e. The first-order valence-corrected chi connectivity index (χ1v) is 9.94. The Morgan fingerprint density at radius 3 is 2.39 bits per heavy atom. The highest BCUT2D eigenvalue weighted by Crippen LogP contribution is 2.24. The van der Waals surface area contributed by atoms with Crippen LogP contribution >= 0.6 is 0 Å². The van der Waals surface area contributed by atoms with Crippen LogP contribution in [0, 0.1) is 18.7 Å². The monoisotopic (exact) mass is 384 g/mol. The highest BCUT2D eigenvalue weighted by atomic mass is 19.1. The van der Waals surface area contributed by atoms with Gasteiger partial charge in [0, 0.05) is 32.1 Å². The zero-order chi connectivity index (χ0) is 19.7. The van der Waals surface area contributed by atoms with Crippen molar-refractivity contribution in [2.45, 2.75) is 32.6 Å². The first-order chi connectivity index (χ1) is 13.6. The van der Waals surface area contributed by atoms with Crippen LogP contribution in [0.15, 0.2) is 30.5 Å². The number of nitrogens with zero attached hydrogens (tertiary/aromatic N) is 4. The van der Waals surface area contributed by atoms with Crippen LogP contribution in [0.3, 0.4) is 0 Å². The number of para-hydroxylation sites is 1. The van der Waals surface area contributed by atoms with Crippen molar-refractivity contribution < 1.29 is 14.0 Å². The number of aromatic nitrogens is 2. The molecular formula is C21H25FN4O2. The van der Waals surface area contributed by atoms with Crippen molar-refractivity contribution in [3.63, 3.8) is 0 Å². The lowest BCUT2D eigenvalue weighted by molar-refractivity contribution is -0.135. The van der Waals surface area contributed by atoms with Crippen molar-refractivity contribution in [2.75, 3.05) is 26.2 Å². The lowest BCUT2D eigenvalue weighted by atomic mass is 9.95. The van der Waals surface area contributed by atoms with Gasteiger partial charge in [0.25, 0.3) is 5.91 Å². The highest BCUT2D eigenvalue weighted by Gasteiger charge is 2.32. The van der Waals surface area contributed by atoms with Gasteiger partial charge in [0.05, 0.1) is 17.5 Å². The van der Waals surface area contributed by atoms with Gasteiger partial charge in [-0.2, -0.15) is 5.10 Å². The lowest BCUT2D eigenvalue weighted by Crippen LogP contribution is -2.43. The molecule has 2 fully saturated rings. The Morgan fingerprint density at radius 1 is 1.04 bits per heavy atom. The van der Waals surface area contributed by atoms with Crippen LogP contribution < -0.4 is 0 Å². The van der Waals surface area contributed by atoms with Gasteiger partial charge in [0.2, 0.25) is 5.91 Å². The molecule has 0 atom stereocenters. The summed E-state index contributed by atoms with van der Waals surface area (Å²) in [5.41, 5.74) is 1.42. The second kappa shape index (κ2) is 7.73. The molecule has 28 heavy (non-hydrogen) atoms. The van der Waals surface area contributed by atoms with Crippen molar-refractivity contribution >= 4 is 11.8 Å². The molecule has 0 bridgehead atoms. The van der Waals surface area contributed by atoms with Crippen molar-refractivity contribution in [1.29, 1.82) is 0 Å². The number of carbonyl (C=O) groups excluding carboxylic acids is 2. The molecule has 0 unspecified atom stereocenters. The number of halogens is 1. The van der Waals surface area contributed by atoms with Crippen LogP contribution in [0.5, 0.6) is 0 Å². The Balaban J connectivity index is 1.43. The summed E-state index contributed by atoms with van der Waals surface area (Å²) in [5.74, 6) is -0.223. The molecule has 0 radical (unpaired) electrons. The van der Waals surface area contributed by atoms with Crippen molar-refractivity contribution in [2.24, 2.45) is 5.92 Å². The Bertz CT molecular complexity index is 880. The van der Waals surface area contributed by atoms with Gasteiger partial charge < -0.3 is 9.80 Å². The zero-order valence-electron chi connectivity index (χ0n) is 16.1. The first kappa shape index (κ1) is 18.7. The Hall–Kier alpha value is -2.70. The first-order valence-electron chi connectivity index (χ1n) is 9.94. The van der Waals surface area contributed by atoms with Gasteiger partial charge in [-0.3, -0.25) is 9.59 Å². The molecule has 7 heteroatoms. The van der Waals surface area contributed by atoms with Gasteiger partial charge in [-0.15, -0.1) is 0 Å². The lowest BCUT2D eigenvalue weighted by Gasteiger charge is -2.33. The van der Waals surface area contributed by atoms with E-state index in [9.17, 15) is 14.0 Å². The van der Waals surface area contributed by atoms with Crippen LogP contribution in [0.1, 0.15) is 41.7 Å². The van der Waals surface area contributed by atoms with Crippen molar-refractivity contribution in [3.8, 4) is 5.69 Å². The number of rotatable bonds is 3. The highest BCUT2D eigenvalue weighted by molar-refractivity contribution is 5.95. The van der Waals surface area contributed by atoms with E-state index >= 15 is 0 Å². The molecule has 0 N–H and O–H groups in total. The SMILES string of the molecule is Cc1c(C(=O)N2CCC(C(=O)N3CCCC3)CC2)cnn1-c1ccccc1F. The molecule has 1 aromatic heterocycles. The molecule has 3 heterocycles. The van der Waals surface area contributed by atoms with E-state index in [1.165, 1.54) is 16.9 Å². The van der Waals surface area contributed by atoms with Gasteiger partial charge in [-0.25, -0.2) is 9.07 Å². The minimum absolute atomic E-state index is 0.0179. The smallest absolute Gasteiger partial charge is 0.257 e. The molecule has 2 aliphatic heterocycles. The van der Waals surface area contributed by atoms with Gasteiger partial charge in [-0.1, -0.05) is 12.1 Å². The molecule has 2 saturated heterocycles. The molecule has 0 saturated carbocycles. The van der Waals surface area contributed by atoms with Crippen molar-refractivity contribution in [3.05, 3.63) is 47.5 Å². The summed E-state index contributed by atoms with van der Waals surface area (Å²) < 4.78 is 15.5. The maximum Gasteiger partial charge on any atom is 0.257 e. The van der Waals surface area contributed by atoms with Crippen LogP contribution in [0.25, 0.3) is 5.69 Å². The average molecular weight is 384 g/mol. The zero-order valence-corrected chi connectivity index (χ0v) is 16.1. The van der Waals surface area contributed by atoms with E-state index < -0.39 is 0 Å². The summed E-state index contributed by atoms with van der Waals surface area (Å²) in [6.45, 7) is 4.63. The number of amides is 2. The molecule has 2 aromatic rings. The average Bonchev–Trinajstić information content (AvgIpc) is 3.38.